The van der Waals surface area contributed by atoms with Crippen molar-refractivity contribution in [3.05, 3.63) is 89.7 Å². The lowest BCUT2D eigenvalue weighted by atomic mass is 10.1. The van der Waals surface area contributed by atoms with Gasteiger partial charge >= 0.3 is 0 Å². The molecular weight excluding hydrogens is 359 g/mol. The normalized spacial score (nSPS) is 10.2. The summed E-state index contributed by atoms with van der Waals surface area (Å²) in [4.78, 5) is 24.6. The number of carbonyl (C=O) groups excluding carboxylic acids is 2. The van der Waals surface area contributed by atoms with Crippen molar-refractivity contribution in [3.63, 3.8) is 0 Å². The number of anilines is 2. The van der Waals surface area contributed by atoms with E-state index in [0.717, 1.165) is 5.75 Å². The van der Waals surface area contributed by atoms with Gasteiger partial charge in [0.05, 0.1) is 12.3 Å². The molecule has 0 radical (unpaired) electrons. The summed E-state index contributed by atoms with van der Waals surface area (Å²) in [5.74, 6) is -0.540. The van der Waals surface area contributed by atoms with E-state index < -0.39 is 11.7 Å². The second-order valence-electron chi connectivity index (χ2n) is 5.92. The molecule has 6 heteroatoms. The topological polar surface area (TPSA) is 67.4 Å². The van der Waals surface area contributed by atoms with E-state index in [1.54, 1.807) is 48.5 Å². The van der Waals surface area contributed by atoms with Crippen LogP contribution in [0.15, 0.2) is 72.8 Å². The van der Waals surface area contributed by atoms with Crippen LogP contribution in [-0.2, 0) is 0 Å². The number of nitrogens with one attached hydrogen (secondary N) is 2. The lowest BCUT2D eigenvalue weighted by molar-refractivity contribution is 0.101. The van der Waals surface area contributed by atoms with E-state index in [9.17, 15) is 14.0 Å². The molecule has 0 aliphatic heterocycles. The molecule has 2 amide bonds. The van der Waals surface area contributed by atoms with E-state index in [0.29, 0.717) is 23.4 Å². The Hall–Kier alpha value is -3.67. The molecule has 0 saturated carbocycles. The maximum absolute atomic E-state index is 13.6. The highest BCUT2D eigenvalue weighted by molar-refractivity contribution is 6.07. The molecule has 0 aromatic heterocycles. The zero-order chi connectivity index (χ0) is 19.9. The number of halogens is 1. The van der Waals surface area contributed by atoms with Gasteiger partial charge in [0.15, 0.2) is 0 Å². The molecular formula is C22H19FN2O3. The molecule has 0 heterocycles. The number of benzene rings is 3. The van der Waals surface area contributed by atoms with Crippen molar-refractivity contribution in [3.8, 4) is 5.75 Å². The van der Waals surface area contributed by atoms with Crippen molar-refractivity contribution in [2.45, 2.75) is 6.92 Å². The molecule has 0 unspecified atom stereocenters. The van der Waals surface area contributed by atoms with Crippen LogP contribution in [0.5, 0.6) is 5.75 Å². The number of hydrogen-bond acceptors (Lipinski definition) is 3. The van der Waals surface area contributed by atoms with Crippen molar-refractivity contribution in [2.24, 2.45) is 0 Å². The van der Waals surface area contributed by atoms with Gasteiger partial charge in [-0.1, -0.05) is 12.1 Å². The molecule has 3 rings (SSSR count). The highest BCUT2D eigenvalue weighted by Crippen LogP contribution is 2.17. The first-order valence-corrected chi connectivity index (χ1v) is 8.77. The summed E-state index contributed by atoms with van der Waals surface area (Å²) in [7, 11) is 0. The summed E-state index contributed by atoms with van der Waals surface area (Å²) in [6.45, 7) is 2.47. The first kappa shape index (κ1) is 19.1. The fourth-order valence-electron chi connectivity index (χ4n) is 2.53. The molecule has 0 aliphatic carbocycles. The van der Waals surface area contributed by atoms with Gasteiger partial charge in [-0.2, -0.15) is 0 Å². The fraction of sp³-hybridized carbons (Fsp3) is 0.0909. The van der Waals surface area contributed by atoms with Crippen LogP contribution in [0.3, 0.4) is 0 Å². The van der Waals surface area contributed by atoms with E-state index in [4.69, 9.17) is 4.74 Å². The Morgan fingerprint density at radius 3 is 1.96 bits per heavy atom. The van der Waals surface area contributed by atoms with E-state index in [-0.39, 0.29) is 11.6 Å². The van der Waals surface area contributed by atoms with Crippen molar-refractivity contribution in [2.75, 3.05) is 17.2 Å². The Morgan fingerprint density at radius 2 is 1.39 bits per heavy atom. The molecule has 0 saturated heterocycles. The first-order chi connectivity index (χ1) is 13.6. The van der Waals surface area contributed by atoms with Crippen LogP contribution in [0.25, 0.3) is 0 Å². The third-order valence-corrected chi connectivity index (χ3v) is 3.95. The summed E-state index contributed by atoms with van der Waals surface area (Å²) in [5.41, 5.74) is 1.46. The summed E-state index contributed by atoms with van der Waals surface area (Å²) in [6.07, 6.45) is 0. The summed E-state index contributed by atoms with van der Waals surface area (Å²) < 4.78 is 19.0. The first-order valence-electron chi connectivity index (χ1n) is 8.77. The third-order valence-electron chi connectivity index (χ3n) is 3.95. The monoisotopic (exact) mass is 378 g/mol. The molecule has 5 nitrogen and oxygen atoms in total. The van der Waals surface area contributed by atoms with Crippen LogP contribution >= 0.6 is 0 Å². The third kappa shape index (κ3) is 4.73. The van der Waals surface area contributed by atoms with Crippen molar-refractivity contribution < 1.29 is 18.7 Å². The summed E-state index contributed by atoms with van der Waals surface area (Å²) in [5, 5.41) is 5.28. The van der Waals surface area contributed by atoms with Gasteiger partial charge < -0.3 is 15.4 Å². The minimum absolute atomic E-state index is 0.102. The highest BCUT2D eigenvalue weighted by atomic mass is 19.1. The molecule has 3 aromatic carbocycles. The average molecular weight is 378 g/mol. The van der Waals surface area contributed by atoms with Crippen molar-refractivity contribution in [1.29, 1.82) is 0 Å². The Kier molecular flexibility index (Phi) is 6.01. The van der Waals surface area contributed by atoms with Gasteiger partial charge in [-0.25, -0.2) is 4.39 Å². The molecule has 28 heavy (non-hydrogen) atoms. The van der Waals surface area contributed by atoms with Crippen molar-refractivity contribution >= 4 is 23.2 Å². The lowest BCUT2D eigenvalue weighted by Crippen LogP contribution is -2.15. The zero-order valence-corrected chi connectivity index (χ0v) is 15.2. The average Bonchev–Trinajstić information content (AvgIpc) is 2.71. The number of ether oxygens (including phenoxy) is 1. The van der Waals surface area contributed by atoms with Gasteiger partial charge in [0.1, 0.15) is 11.6 Å². The second kappa shape index (κ2) is 8.81. The smallest absolute Gasteiger partial charge is 0.255 e. The van der Waals surface area contributed by atoms with Crippen molar-refractivity contribution in [1.82, 2.24) is 0 Å². The van der Waals surface area contributed by atoms with Gasteiger partial charge in [-0.05, 0) is 67.6 Å². The Balaban J connectivity index is 1.63. The SMILES string of the molecule is CCOc1ccc(NC(=O)c2ccc(C(=O)Nc3ccccc3F)cc2)cc1. The van der Waals surface area contributed by atoms with E-state index in [1.807, 2.05) is 6.92 Å². The lowest BCUT2D eigenvalue weighted by Gasteiger charge is -2.09. The van der Waals surface area contributed by atoms with Gasteiger partial charge in [0.2, 0.25) is 0 Å². The number of rotatable bonds is 6. The Morgan fingerprint density at radius 1 is 0.821 bits per heavy atom. The predicted octanol–water partition coefficient (Wildman–Crippen LogP) is 4.73. The van der Waals surface area contributed by atoms with E-state index in [2.05, 4.69) is 10.6 Å². The number of para-hydroxylation sites is 1. The molecule has 3 aromatic rings. The number of carbonyl (C=O) groups is 2. The largest absolute Gasteiger partial charge is 0.494 e. The molecule has 2 N–H and O–H groups in total. The molecule has 0 bridgehead atoms. The van der Waals surface area contributed by atoms with Crippen LogP contribution in [0, 0.1) is 5.82 Å². The maximum Gasteiger partial charge on any atom is 0.255 e. The van der Waals surface area contributed by atoms with Crippen LogP contribution in [0.1, 0.15) is 27.6 Å². The molecule has 0 fully saturated rings. The minimum Gasteiger partial charge on any atom is -0.494 e. The zero-order valence-electron chi connectivity index (χ0n) is 15.2. The van der Waals surface area contributed by atoms with Crippen LogP contribution in [-0.4, -0.2) is 18.4 Å². The van der Waals surface area contributed by atoms with Gasteiger partial charge in [-0.3, -0.25) is 9.59 Å². The van der Waals surface area contributed by atoms with E-state index in [1.165, 1.54) is 24.3 Å². The molecule has 142 valence electrons. The number of hydrogen-bond donors (Lipinski definition) is 2. The predicted molar refractivity (Wildman–Crippen MR) is 106 cm³/mol. The Bertz CT molecular complexity index is 970. The van der Waals surface area contributed by atoms with Gasteiger partial charge in [0.25, 0.3) is 11.8 Å². The van der Waals surface area contributed by atoms with Crippen LogP contribution < -0.4 is 15.4 Å². The quantitative estimate of drug-likeness (QED) is 0.652. The van der Waals surface area contributed by atoms with E-state index >= 15 is 0 Å². The van der Waals surface area contributed by atoms with Gasteiger partial charge in [0, 0.05) is 16.8 Å². The molecule has 0 aliphatic rings. The molecule has 0 atom stereocenters. The van der Waals surface area contributed by atoms with Crippen LogP contribution in [0.4, 0.5) is 15.8 Å². The standard InChI is InChI=1S/C22H19FN2O3/c1-2-28-18-13-11-17(12-14-18)24-21(26)15-7-9-16(10-8-15)22(27)25-20-6-4-3-5-19(20)23/h3-14H,2H2,1H3,(H,24,26)(H,25,27). The molecule has 0 spiro atoms. The number of amides is 2. The highest BCUT2D eigenvalue weighted by Gasteiger charge is 2.11. The maximum atomic E-state index is 13.6. The van der Waals surface area contributed by atoms with Crippen LogP contribution in [0.2, 0.25) is 0 Å². The fourth-order valence-corrected chi connectivity index (χ4v) is 2.53. The van der Waals surface area contributed by atoms with Gasteiger partial charge in [-0.15, -0.1) is 0 Å². The summed E-state index contributed by atoms with van der Waals surface area (Å²) in [6, 6.07) is 19.1. The minimum atomic E-state index is -0.512. The second-order valence-corrected chi connectivity index (χ2v) is 5.92. The summed E-state index contributed by atoms with van der Waals surface area (Å²) >= 11 is 0. The Labute approximate surface area is 162 Å².